The van der Waals surface area contributed by atoms with Gasteiger partial charge in [0.15, 0.2) is 0 Å². The highest BCUT2D eigenvalue weighted by Crippen LogP contribution is 2.42. The Bertz CT molecular complexity index is 4150. The van der Waals surface area contributed by atoms with Crippen molar-refractivity contribution in [3.8, 4) is 112 Å². The zero-order valence-corrected chi connectivity index (χ0v) is 44.9. The van der Waals surface area contributed by atoms with Gasteiger partial charge < -0.3 is 0 Å². The Morgan fingerprint density at radius 2 is 0.700 bits per heavy atom. The Balaban J connectivity index is 1.09. The molecule has 3 unspecified atom stereocenters. The fourth-order valence-corrected chi connectivity index (χ4v) is 12.0. The normalized spacial score (nSPS) is 14.8. The standard InChI is InChI=1S/C77H58N2O/c1-53-40-41-74(54(2)42-53)67-39-21-38-66(46-67)71-48-70(65-37-20-34-62(45-65)57-26-12-5-13-27-57)51-73(52-71)79-76(59-30-16-7-17-31-59)75(58-28-14-6-15-29-58)78(77(79)80)72-49-68(63-35-18-32-60(43-63)55-22-8-3-9-23-55)47-69(50-72)64-36-19-33-61(44-64)56-24-10-4-11-25-56/h3-4,6-12,14-41,43-54,74H,42H2,1-2H3. The van der Waals surface area contributed by atoms with Crippen molar-refractivity contribution < 1.29 is 0 Å². The number of allylic oxidation sites excluding steroid dienone is 2. The molecule has 11 aromatic carbocycles. The molecule has 382 valence electrons. The number of rotatable bonds is 12. The summed E-state index contributed by atoms with van der Waals surface area (Å²) in [6, 6.07) is 103. The Morgan fingerprint density at radius 1 is 0.338 bits per heavy atom. The van der Waals surface area contributed by atoms with Crippen molar-refractivity contribution in [2.75, 3.05) is 0 Å². The number of imidazole rings is 1. The van der Waals surface area contributed by atoms with Crippen LogP contribution in [0.2, 0.25) is 0 Å². The Kier molecular flexibility index (Phi) is 13.5. The topological polar surface area (TPSA) is 26.9 Å². The zero-order valence-electron chi connectivity index (χ0n) is 44.9. The first kappa shape index (κ1) is 49.6. The number of hydrogen-bond acceptors (Lipinski definition) is 1. The Morgan fingerprint density at radius 3 is 1.11 bits per heavy atom. The van der Waals surface area contributed by atoms with Crippen molar-refractivity contribution in [1.82, 2.24) is 9.13 Å². The van der Waals surface area contributed by atoms with Crippen LogP contribution in [-0.4, -0.2) is 9.13 Å². The van der Waals surface area contributed by atoms with E-state index >= 15 is 4.79 Å². The van der Waals surface area contributed by atoms with E-state index in [0.29, 0.717) is 17.8 Å². The van der Waals surface area contributed by atoms with E-state index in [-0.39, 0.29) is 5.69 Å². The Hall–Kier alpha value is -10.0. The van der Waals surface area contributed by atoms with Crippen LogP contribution in [0, 0.1) is 24.0 Å². The van der Waals surface area contributed by atoms with Gasteiger partial charge in [0.1, 0.15) is 0 Å². The highest BCUT2D eigenvalue weighted by molar-refractivity contribution is 5.87. The van der Waals surface area contributed by atoms with E-state index < -0.39 is 0 Å². The van der Waals surface area contributed by atoms with E-state index in [0.717, 1.165) is 118 Å². The molecule has 0 amide bonds. The zero-order chi connectivity index (χ0) is 53.9. The van der Waals surface area contributed by atoms with Gasteiger partial charge in [0.25, 0.3) is 0 Å². The molecule has 13 rings (SSSR count). The van der Waals surface area contributed by atoms with Gasteiger partial charge in [0, 0.05) is 17.0 Å². The van der Waals surface area contributed by atoms with Crippen LogP contribution >= 0.6 is 0 Å². The molecule has 1 aliphatic carbocycles. The van der Waals surface area contributed by atoms with Gasteiger partial charge in [-0.15, -0.1) is 0 Å². The third-order valence-electron chi connectivity index (χ3n) is 15.9. The van der Waals surface area contributed by atoms with Gasteiger partial charge in [0.2, 0.25) is 0 Å². The van der Waals surface area contributed by atoms with Gasteiger partial charge in [-0.05, 0) is 175 Å². The van der Waals surface area contributed by atoms with Crippen molar-refractivity contribution in [3.63, 3.8) is 0 Å². The molecule has 1 aromatic heterocycles. The average Bonchev–Trinajstić information content (AvgIpc) is 4.02. The molecule has 3 atom stereocenters. The Labute approximate surface area is 469 Å². The molecule has 0 radical (unpaired) electrons. The summed E-state index contributed by atoms with van der Waals surface area (Å²) in [5, 5.41) is 0. The molecule has 1 aliphatic rings. The molecule has 0 spiro atoms. The molecule has 0 saturated heterocycles. The van der Waals surface area contributed by atoms with Crippen LogP contribution < -0.4 is 5.69 Å². The number of aromatic nitrogens is 2. The molecule has 3 heteroatoms. The summed E-state index contributed by atoms with van der Waals surface area (Å²) in [5.41, 5.74) is 21.0. The summed E-state index contributed by atoms with van der Waals surface area (Å²) in [6.07, 6.45) is 5.93. The van der Waals surface area contributed by atoms with Crippen LogP contribution in [0.1, 0.15) is 31.7 Å². The van der Waals surface area contributed by atoms with Crippen LogP contribution in [0.3, 0.4) is 0 Å². The fraction of sp³-hybridized carbons (Fsp3) is 0.0779. The maximum atomic E-state index is 16.7. The first-order valence-corrected chi connectivity index (χ1v) is 27.8. The summed E-state index contributed by atoms with van der Waals surface area (Å²) in [5.74, 6) is 1.37. The average molecular weight is 1030 g/mol. The molecule has 12 aromatic rings. The second-order valence-electron chi connectivity index (χ2n) is 21.3. The molecule has 80 heavy (non-hydrogen) atoms. The smallest absolute Gasteiger partial charge is 0.260 e. The summed E-state index contributed by atoms with van der Waals surface area (Å²) in [7, 11) is 0. The maximum Gasteiger partial charge on any atom is 0.338 e. The van der Waals surface area contributed by atoms with E-state index in [1.165, 1.54) is 5.56 Å². The molecular weight excluding hydrogens is 969 g/mol. The largest absolute Gasteiger partial charge is 0.338 e. The van der Waals surface area contributed by atoms with Gasteiger partial charge in [-0.25, -0.2) is 4.79 Å². The van der Waals surface area contributed by atoms with Crippen molar-refractivity contribution in [1.29, 1.82) is 0 Å². The van der Waals surface area contributed by atoms with Crippen molar-refractivity contribution in [3.05, 3.63) is 313 Å². The third-order valence-corrected chi connectivity index (χ3v) is 15.9. The van der Waals surface area contributed by atoms with Crippen LogP contribution in [0.4, 0.5) is 0 Å². The lowest BCUT2D eigenvalue weighted by Crippen LogP contribution is -2.23. The van der Waals surface area contributed by atoms with Crippen LogP contribution in [0.5, 0.6) is 0 Å². The molecule has 0 saturated carbocycles. The number of nitrogens with zero attached hydrogens (tertiary/aromatic N) is 2. The fourth-order valence-electron chi connectivity index (χ4n) is 12.0. The highest BCUT2D eigenvalue weighted by Gasteiger charge is 2.27. The van der Waals surface area contributed by atoms with Gasteiger partial charge in [-0.3, -0.25) is 9.13 Å². The summed E-state index contributed by atoms with van der Waals surface area (Å²) in [6.45, 7) is 4.68. The van der Waals surface area contributed by atoms with Crippen molar-refractivity contribution in [2.24, 2.45) is 11.8 Å². The first-order valence-electron chi connectivity index (χ1n) is 27.8. The van der Waals surface area contributed by atoms with E-state index in [2.05, 4.69) is 287 Å². The predicted octanol–water partition coefficient (Wildman–Crippen LogP) is 19.5. The monoisotopic (exact) mass is 1030 g/mol. The minimum absolute atomic E-state index is 0.182. The lowest BCUT2D eigenvalue weighted by atomic mass is 9.77. The second kappa shape index (κ2) is 21.8. The lowest BCUT2D eigenvalue weighted by Gasteiger charge is -2.28. The highest BCUT2D eigenvalue weighted by atomic mass is 16.1. The van der Waals surface area contributed by atoms with E-state index in [9.17, 15) is 0 Å². The number of hydrogen-bond donors (Lipinski definition) is 0. The number of benzene rings is 10. The van der Waals surface area contributed by atoms with Gasteiger partial charge in [-0.2, -0.15) is 0 Å². The molecular formula is C77H58N2O. The SMILES string of the molecule is CC1C=CC(c2cccc(-c3cc(-c4cccc(-c5cc#ccc5)c4)cc(-n4c(-c5ccccc5)c(-c5ccccc5)n(-c5cc(-c6cccc(-c7ccccc7)c6)cc(-c6cccc(-c7ccccc7)c6)c5)c4=O)c3)c2)C(C)C1. The molecule has 1 heterocycles. The van der Waals surface area contributed by atoms with E-state index in [1.54, 1.807) is 0 Å². The molecule has 3 nitrogen and oxygen atoms in total. The van der Waals surface area contributed by atoms with Crippen LogP contribution in [-0.2, 0) is 0 Å². The van der Waals surface area contributed by atoms with Crippen LogP contribution in [0.15, 0.2) is 290 Å². The molecule has 0 fully saturated rings. The molecule has 0 N–H and O–H groups in total. The minimum Gasteiger partial charge on any atom is -0.260 e. The maximum absolute atomic E-state index is 16.7. The van der Waals surface area contributed by atoms with Gasteiger partial charge in [-0.1, -0.05) is 238 Å². The predicted molar refractivity (Wildman–Crippen MR) is 333 cm³/mol. The van der Waals surface area contributed by atoms with E-state index in [4.69, 9.17) is 0 Å². The quantitative estimate of drug-likeness (QED) is 0.112. The van der Waals surface area contributed by atoms with Crippen LogP contribution in [0.25, 0.3) is 112 Å². The molecule has 0 aliphatic heterocycles. The van der Waals surface area contributed by atoms with Gasteiger partial charge >= 0.3 is 5.69 Å². The summed E-state index contributed by atoms with van der Waals surface area (Å²) < 4.78 is 3.92. The second-order valence-corrected chi connectivity index (χ2v) is 21.3. The van der Waals surface area contributed by atoms with Gasteiger partial charge in [0.05, 0.1) is 22.8 Å². The summed E-state index contributed by atoms with van der Waals surface area (Å²) in [4.78, 5) is 16.7. The van der Waals surface area contributed by atoms with Crippen molar-refractivity contribution >= 4 is 0 Å². The lowest BCUT2D eigenvalue weighted by molar-refractivity contribution is 0.407. The minimum atomic E-state index is -0.182. The third kappa shape index (κ3) is 9.96. The molecule has 0 bridgehead atoms. The van der Waals surface area contributed by atoms with Crippen molar-refractivity contribution in [2.45, 2.75) is 26.2 Å². The summed E-state index contributed by atoms with van der Waals surface area (Å²) >= 11 is 0. The van der Waals surface area contributed by atoms with E-state index in [1.807, 2.05) is 33.4 Å². The first-order chi connectivity index (χ1) is 39.4.